The van der Waals surface area contributed by atoms with E-state index in [1.54, 1.807) is 4.90 Å². The molecule has 4 rings (SSSR count). The van der Waals surface area contributed by atoms with Gasteiger partial charge in [0.15, 0.2) is 9.84 Å². The summed E-state index contributed by atoms with van der Waals surface area (Å²) < 4.78 is 49.3. The third kappa shape index (κ3) is 5.40. The lowest BCUT2D eigenvalue weighted by molar-refractivity contribution is 0.0729. The van der Waals surface area contributed by atoms with Gasteiger partial charge in [-0.15, -0.1) is 0 Å². The first-order chi connectivity index (χ1) is 15.6. The molecule has 1 amide bonds. The van der Waals surface area contributed by atoms with Crippen molar-refractivity contribution in [3.05, 3.63) is 53.3 Å². The second kappa shape index (κ2) is 9.21. The summed E-state index contributed by atoms with van der Waals surface area (Å²) in [5, 5.41) is 0. The van der Waals surface area contributed by atoms with Gasteiger partial charge in [-0.3, -0.25) is 0 Å². The second-order valence-electron chi connectivity index (χ2n) is 8.89. The van der Waals surface area contributed by atoms with E-state index in [2.05, 4.69) is 0 Å². The van der Waals surface area contributed by atoms with Gasteiger partial charge in [0, 0.05) is 32.3 Å². The Bertz CT molecular complexity index is 1150. The number of hydrogen-bond donors (Lipinski definition) is 0. The summed E-state index contributed by atoms with van der Waals surface area (Å²) in [5.41, 5.74) is 2.61. The number of ether oxygens (including phenoxy) is 2. The van der Waals surface area contributed by atoms with Crippen LogP contribution < -0.4 is 9.64 Å². The Hall–Kier alpha value is -2.81. The maximum absolute atomic E-state index is 14.5. The molecule has 0 aliphatic carbocycles. The molecule has 178 valence electrons. The Balaban J connectivity index is 1.38. The van der Waals surface area contributed by atoms with E-state index in [4.69, 9.17) is 9.47 Å². The average molecular weight is 477 g/mol. The minimum Gasteiger partial charge on any atom is -0.489 e. The minimum atomic E-state index is -3.45. The molecule has 2 aliphatic rings. The van der Waals surface area contributed by atoms with E-state index >= 15 is 0 Å². The fourth-order valence-corrected chi connectivity index (χ4v) is 4.88. The summed E-state index contributed by atoms with van der Waals surface area (Å²) in [6.45, 7) is 5.92. The molecule has 0 saturated carbocycles. The van der Waals surface area contributed by atoms with E-state index < -0.39 is 15.7 Å². The van der Waals surface area contributed by atoms with Crippen LogP contribution in [0.5, 0.6) is 5.75 Å². The van der Waals surface area contributed by atoms with Gasteiger partial charge in [-0.2, -0.15) is 0 Å². The molecule has 33 heavy (non-hydrogen) atoms. The minimum absolute atomic E-state index is 0.0270. The van der Waals surface area contributed by atoms with Crippen LogP contribution in [-0.2, 0) is 27.5 Å². The molecule has 0 radical (unpaired) electrons. The first-order valence-electron chi connectivity index (χ1n) is 11.1. The molecule has 1 fully saturated rings. The first kappa shape index (κ1) is 23.4. The highest BCUT2D eigenvalue weighted by Gasteiger charge is 2.28. The van der Waals surface area contributed by atoms with Crippen molar-refractivity contribution in [1.29, 1.82) is 0 Å². The molecular weight excluding hydrogens is 447 g/mol. The highest BCUT2D eigenvalue weighted by atomic mass is 32.2. The van der Waals surface area contributed by atoms with E-state index in [0.29, 0.717) is 31.9 Å². The molecule has 0 spiro atoms. The molecule has 9 heteroatoms. The topological polar surface area (TPSA) is 76.2 Å². The summed E-state index contributed by atoms with van der Waals surface area (Å²) >= 11 is 0. The van der Waals surface area contributed by atoms with Gasteiger partial charge >= 0.3 is 6.09 Å². The SMILES string of the molecule is CC(C)OC(=O)N1CCc2cc(O[C@H]3CCN(c4ccc(S(C)(=O)=O)cc4F)C3)ccc2C1. The molecule has 0 aromatic heterocycles. The van der Waals surface area contributed by atoms with E-state index in [-0.39, 0.29) is 23.2 Å². The number of carbonyl (C=O) groups excluding carboxylic acids is 1. The van der Waals surface area contributed by atoms with E-state index in [1.165, 1.54) is 12.1 Å². The molecular formula is C24H29FN2O5S. The van der Waals surface area contributed by atoms with Crippen LogP contribution in [0.25, 0.3) is 0 Å². The third-order valence-corrected chi connectivity index (χ3v) is 7.03. The number of rotatable bonds is 5. The number of amides is 1. The quantitative estimate of drug-likeness (QED) is 0.654. The summed E-state index contributed by atoms with van der Waals surface area (Å²) in [5.74, 6) is 0.208. The van der Waals surface area contributed by atoms with Crippen LogP contribution in [0.15, 0.2) is 41.3 Å². The largest absolute Gasteiger partial charge is 0.489 e. The Morgan fingerprint density at radius 3 is 2.61 bits per heavy atom. The molecule has 2 heterocycles. The number of nitrogens with zero attached hydrogens (tertiary/aromatic N) is 2. The molecule has 2 aromatic carbocycles. The fraction of sp³-hybridized carbons (Fsp3) is 0.458. The maximum Gasteiger partial charge on any atom is 0.410 e. The Morgan fingerprint density at radius 1 is 1.12 bits per heavy atom. The fourth-order valence-electron chi connectivity index (χ4n) is 4.25. The zero-order valence-electron chi connectivity index (χ0n) is 19.1. The van der Waals surface area contributed by atoms with Gasteiger partial charge in [0.1, 0.15) is 17.7 Å². The number of hydrogen-bond acceptors (Lipinski definition) is 6. The zero-order chi connectivity index (χ0) is 23.8. The van der Waals surface area contributed by atoms with Gasteiger partial charge in [0.25, 0.3) is 0 Å². The van der Waals surface area contributed by atoms with Crippen molar-refractivity contribution in [1.82, 2.24) is 4.90 Å². The second-order valence-corrected chi connectivity index (χ2v) is 10.9. The number of carbonyl (C=O) groups is 1. The van der Waals surface area contributed by atoms with Crippen LogP contribution in [0.3, 0.4) is 0 Å². The molecule has 1 atom stereocenters. The molecule has 2 aromatic rings. The average Bonchev–Trinajstić information content (AvgIpc) is 3.20. The Labute approximate surface area is 194 Å². The number of sulfone groups is 1. The van der Waals surface area contributed by atoms with Gasteiger partial charge in [0.2, 0.25) is 0 Å². The number of halogens is 1. The van der Waals surface area contributed by atoms with E-state index in [9.17, 15) is 17.6 Å². The molecule has 2 aliphatic heterocycles. The molecule has 7 nitrogen and oxygen atoms in total. The summed E-state index contributed by atoms with van der Waals surface area (Å²) in [6.07, 6.45) is 1.99. The van der Waals surface area contributed by atoms with Crippen molar-refractivity contribution in [2.24, 2.45) is 0 Å². The number of anilines is 1. The van der Waals surface area contributed by atoms with Crippen LogP contribution in [0.1, 0.15) is 31.4 Å². The molecule has 0 unspecified atom stereocenters. The summed E-state index contributed by atoms with van der Waals surface area (Å²) in [4.78, 5) is 15.7. The van der Waals surface area contributed by atoms with Crippen molar-refractivity contribution < 1.29 is 27.1 Å². The molecule has 0 bridgehead atoms. The van der Waals surface area contributed by atoms with E-state index in [1.807, 2.05) is 36.9 Å². The van der Waals surface area contributed by atoms with Gasteiger partial charge in [-0.1, -0.05) is 6.07 Å². The first-order valence-corrected chi connectivity index (χ1v) is 13.0. The standard InChI is InChI=1S/C24H29FN2O5S/c1-16(2)31-24(28)27-10-8-17-12-19(5-4-18(17)14-27)32-20-9-11-26(15-20)23-7-6-21(13-22(23)25)33(3,29)30/h4-7,12-13,16,20H,8-11,14-15H2,1-3H3/t20-/m0/s1. The molecule has 0 N–H and O–H groups in total. The highest BCUT2D eigenvalue weighted by Crippen LogP contribution is 2.29. The van der Waals surface area contributed by atoms with Crippen molar-refractivity contribution in [2.45, 2.75) is 50.3 Å². The van der Waals surface area contributed by atoms with Crippen LogP contribution in [0.2, 0.25) is 0 Å². The maximum atomic E-state index is 14.5. The van der Waals surface area contributed by atoms with Gasteiger partial charge in [-0.25, -0.2) is 17.6 Å². The van der Waals surface area contributed by atoms with Gasteiger partial charge in [0.05, 0.1) is 23.2 Å². The van der Waals surface area contributed by atoms with Gasteiger partial charge < -0.3 is 19.3 Å². The Kier molecular flexibility index (Phi) is 6.52. The number of benzene rings is 2. The normalized spacial score (nSPS) is 18.4. The summed E-state index contributed by atoms with van der Waals surface area (Å²) in [6, 6.07) is 9.93. The lowest BCUT2D eigenvalue weighted by Gasteiger charge is -2.29. The van der Waals surface area contributed by atoms with Crippen molar-refractivity contribution in [3.8, 4) is 5.75 Å². The van der Waals surface area contributed by atoms with Crippen molar-refractivity contribution >= 4 is 21.6 Å². The van der Waals surface area contributed by atoms with Crippen LogP contribution >= 0.6 is 0 Å². The monoisotopic (exact) mass is 476 g/mol. The van der Waals surface area contributed by atoms with Gasteiger partial charge in [-0.05, 0) is 61.7 Å². The highest BCUT2D eigenvalue weighted by molar-refractivity contribution is 7.90. The third-order valence-electron chi connectivity index (χ3n) is 5.92. The lowest BCUT2D eigenvalue weighted by Crippen LogP contribution is -2.37. The smallest absolute Gasteiger partial charge is 0.410 e. The Morgan fingerprint density at radius 2 is 1.91 bits per heavy atom. The predicted molar refractivity (Wildman–Crippen MR) is 123 cm³/mol. The van der Waals surface area contributed by atoms with Crippen LogP contribution in [0, 0.1) is 5.82 Å². The van der Waals surface area contributed by atoms with E-state index in [0.717, 1.165) is 42.0 Å². The predicted octanol–water partition coefficient (Wildman–Crippen LogP) is 3.79. The van der Waals surface area contributed by atoms with Crippen molar-refractivity contribution in [2.75, 3.05) is 30.8 Å². The van der Waals surface area contributed by atoms with Crippen LogP contribution in [-0.4, -0.2) is 57.5 Å². The lowest BCUT2D eigenvalue weighted by atomic mass is 10.00. The summed E-state index contributed by atoms with van der Waals surface area (Å²) in [7, 11) is -3.45. The molecule has 1 saturated heterocycles. The van der Waals surface area contributed by atoms with Crippen LogP contribution in [0.4, 0.5) is 14.9 Å². The zero-order valence-corrected chi connectivity index (χ0v) is 19.9. The number of fused-ring (bicyclic) bond motifs is 1. The van der Waals surface area contributed by atoms with Crippen molar-refractivity contribution in [3.63, 3.8) is 0 Å².